The van der Waals surface area contributed by atoms with Gasteiger partial charge >= 0.3 is 0 Å². The molecule has 2 atom stereocenters. The van der Waals surface area contributed by atoms with Crippen molar-refractivity contribution in [3.63, 3.8) is 0 Å². The molecule has 1 fully saturated rings. The quantitative estimate of drug-likeness (QED) is 0.640. The van der Waals surface area contributed by atoms with Gasteiger partial charge in [-0.25, -0.2) is 0 Å². The van der Waals surface area contributed by atoms with Gasteiger partial charge in [0, 0.05) is 13.2 Å². The minimum atomic E-state index is 0.0336. The lowest BCUT2D eigenvalue weighted by Crippen LogP contribution is -2.46. The summed E-state index contributed by atoms with van der Waals surface area (Å²) in [6.45, 7) is 12.0. The summed E-state index contributed by atoms with van der Waals surface area (Å²) in [5.41, 5.74) is 1.62. The van der Waals surface area contributed by atoms with Crippen LogP contribution in [-0.4, -0.2) is 33.0 Å². The molecule has 1 N–H and O–H groups in total. The average Bonchev–Trinajstić information content (AvgIpc) is 2.65. The summed E-state index contributed by atoms with van der Waals surface area (Å²) in [6, 6.07) is 6.11. The molecule has 1 aliphatic heterocycles. The third-order valence-electron chi connectivity index (χ3n) is 6.33. The molecule has 0 aliphatic carbocycles. The van der Waals surface area contributed by atoms with E-state index in [1.165, 1.54) is 12.0 Å². The van der Waals surface area contributed by atoms with E-state index in [2.05, 4.69) is 39.1 Å². The van der Waals surface area contributed by atoms with Crippen LogP contribution in [0.25, 0.3) is 0 Å². The fourth-order valence-corrected chi connectivity index (χ4v) is 4.17. The van der Waals surface area contributed by atoms with E-state index in [9.17, 15) is 0 Å². The molecule has 148 valence electrons. The van der Waals surface area contributed by atoms with Crippen molar-refractivity contribution in [1.29, 1.82) is 0 Å². The van der Waals surface area contributed by atoms with Crippen molar-refractivity contribution in [2.75, 3.05) is 27.4 Å². The number of nitrogens with one attached hydrogen (secondary N) is 1. The number of hydrogen-bond acceptors (Lipinski definition) is 4. The van der Waals surface area contributed by atoms with Crippen molar-refractivity contribution in [3.8, 4) is 11.5 Å². The van der Waals surface area contributed by atoms with Gasteiger partial charge in [-0.1, -0.05) is 26.8 Å². The number of methoxy groups -OCH3 is 2. The molecule has 1 heterocycles. The van der Waals surface area contributed by atoms with Crippen LogP contribution in [0.4, 0.5) is 0 Å². The van der Waals surface area contributed by atoms with Crippen LogP contribution in [0.3, 0.4) is 0 Å². The molecule has 0 unspecified atom stereocenters. The van der Waals surface area contributed by atoms with Crippen LogP contribution >= 0.6 is 0 Å². The molecule has 2 rings (SSSR count). The normalized spacial score (nSPS) is 26.1. The van der Waals surface area contributed by atoms with Gasteiger partial charge in [0.2, 0.25) is 0 Å². The van der Waals surface area contributed by atoms with Gasteiger partial charge in [-0.05, 0) is 68.2 Å². The summed E-state index contributed by atoms with van der Waals surface area (Å²) >= 11 is 0. The molecule has 0 radical (unpaired) electrons. The van der Waals surface area contributed by atoms with Crippen molar-refractivity contribution in [2.45, 2.75) is 65.5 Å². The van der Waals surface area contributed by atoms with Crippen LogP contribution in [-0.2, 0) is 11.3 Å². The molecule has 4 nitrogen and oxygen atoms in total. The van der Waals surface area contributed by atoms with Gasteiger partial charge in [-0.15, -0.1) is 0 Å². The van der Waals surface area contributed by atoms with Crippen LogP contribution in [0.1, 0.15) is 58.9 Å². The highest BCUT2D eigenvalue weighted by molar-refractivity contribution is 5.42. The molecule has 1 aromatic carbocycles. The Balaban J connectivity index is 1.92. The molecule has 1 aliphatic rings. The van der Waals surface area contributed by atoms with Gasteiger partial charge in [-0.2, -0.15) is 0 Å². The fraction of sp³-hybridized carbons (Fsp3) is 0.727. The van der Waals surface area contributed by atoms with E-state index in [4.69, 9.17) is 14.2 Å². The van der Waals surface area contributed by atoms with Crippen LogP contribution in [0.15, 0.2) is 18.2 Å². The zero-order chi connectivity index (χ0) is 19.2. The van der Waals surface area contributed by atoms with Gasteiger partial charge in [-0.3, -0.25) is 0 Å². The zero-order valence-electron chi connectivity index (χ0n) is 17.5. The molecule has 1 saturated heterocycles. The van der Waals surface area contributed by atoms with Crippen molar-refractivity contribution >= 4 is 0 Å². The first kappa shape index (κ1) is 21.0. The highest BCUT2D eigenvalue weighted by Crippen LogP contribution is 2.47. The van der Waals surface area contributed by atoms with Crippen LogP contribution in [0.2, 0.25) is 0 Å². The minimum absolute atomic E-state index is 0.0336. The zero-order valence-corrected chi connectivity index (χ0v) is 17.5. The minimum Gasteiger partial charge on any atom is -0.493 e. The van der Waals surface area contributed by atoms with E-state index in [1.807, 2.05) is 12.1 Å². The average molecular weight is 364 g/mol. The van der Waals surface area contributed by atoms with Crippen molar-refractivity contribution in [2.24, 2.45) is 11.3 Å². The lowest BCUT2D eigenvalue weighted by molar-refractivity contribution is -0.132. The van der Waals surface area contributed by atoms with Crippen LogP contribution in [0, 0.1) is 11.3 Å². The Morgan fingerprint density at radius 3 is 2.54 bits per heavy atom. The summed E-state index contributed by atoms with van der Waals surface area (Å²) in [5, 5.41) is 3.63. The maximum Gasteiger partial charge on any atom is 0.161 e. The second-order valence-corrected chi connectivity index (χ2v) is 8.21. The van der Waals surface area contributed by atoms with Crippen LogP contribution < -0.4 is 14.8 Å². The highest BCUT2D eigenvalue weighted by atomic mass is 16.5. The second kappa shape index (κ2) is 9.09. The smallest absolute Gasteiger partial charge is 0.161 e. The Kier molecular flexibility index (Phi) is 7.36. The summed E-state index contributed by atoms with van der Waals surface area (Å²) in [4.78, 5) is 0. The van der Waals surface area contributed by atoms with E-state index in [-0.39, 0.29) is 5.60 Å². The molecule has 0 amide bonds. The standard InChI is InChI=1S/C22H37NO3/c1-7-21(4)16-22(17(2)3,11-13-26-21)10-12-23-15-18-8-9-19(24-5)20(14-18)25-6/h8-9,14,17,23H,7,10-13,15-16H2,1-6H3/t21-,22+/m1/s1. The van der Waals surface area contributed by atoms with E-state index in [0.717, 1.165) is 50.5 Å². The maximum atomic E-state index is 6.10. The third-order valence-corrected chi connectivity index (χ3v) is 6.33. The Morgan fingerprint density at radius 1 is 1.19 bits per heavy atom. The van der Waals surface area contributed by atoms with Gasteiger partial charge in [0.15, 0.2) is 11.5 Å². The van der Waals surface area contributed by atoms with Gasteiger partial charge in [0.25, 0.3) is 0 Å². The predicted octanol–water partition coefficient (Wildman–Crippen LogP) is 4.81. The Hall–Kier alpha value is -1.26. The fourth-order valence-electron chi connectivity index (χ4n) is 4.17. The Morgan fingerprint density at radius 2 is 1.92 bits per heavy atom. The summed E-state index contributed by atoms with van der Waals surface area (Å²) in [5.74, 6) is 2.23. The number of hydrogen-bond donors (Lipinski definition) is 1. The summed E-state index contributed by atoms with van der Waals surface area (Å²) < 4.78 is 16.8. The van der Waals surface area contributed by atoms with E-state index < -0.39 is 0 Å². The molecule has 1 aromatic rings. The third kappa shape index (κ3) is 4.92. The predicted molar refractivity (Wildman–Crippen MR) is 107 cm³/mol. The Labute approximate surface area is 159 Å². The van der Waals surface area contributed by atoms with Crippen LogP contribution in [0.5, 0.6) is 11.5 Å². The molecular formula is C22H37NO3. The van der Waals surface area contributed by atoms with Gasteiger partial charge < -0.3 is 19.5 Å². The topological polar surface area (TPSA) is 39.7 Å². The maximum absolute atomic E-state index is 6.10. The number of rotatable bonds is 9. The molecule has 0 saturated carbocycles. The largest absolute Gasteiger partial charge is 0.493 e. The molecule has 0 spiro atoms. The first-order valence-electron chi connectivity index (χ1n) is 9.93. The number of benzene rings is 1. The van der Waals surface area contributed by atoms with Crippen molar-refractivity contribution < 1.29 is 14.2 Å². The molecule has 0 aromatic heterocycles. The summed E-state index contributed by atoms with van der Waals surface area (Å²) in [7, 11) is 3.34. The number of ether oxygens (including phenoxy) is 3. The first-order valence-corrected chi connectivity index (χ1v) is 9.93. The van der Waals surface area contributed by atoms with Gasteiger partial charge in [0.05, 0.1) is 19.8 Å². The van der Waals surface area contributed by atoms with Crippen molar-refractivity contribution in [3.05, 3.63) is 23.8 Å². The molecule has 26 heavy (non-hydrogen) atoms. The molecular weight excluding hydrogens is 326 g/mol. The molecule has 0 bridgehead atoms. The van der Waals surface area contributed by atoms with E-state index in [1.54, 1.807) is 14.2 Å². The van der Waals surface area contributed by atoms with Gasteiger partial charge in [0.1, 0.15) is 0 Å². The van der Waals surface area contributed by atoms with E-state index in [0.29, 0.717) is 11.3 Å². The SMILES string of the molecule is CC[C@]1(C)C[C@@](CCNCc2ccc(OC)c(OC)c2)(C(C)C)CCO1. The lowest BCUT2D eigenvalue weighted by Gasteiger charge is -2.49. The molecule has 4 heteroatoms. The van der Waals surface area contributed by atoms with E-state index >= 15 is 0 Å². The first-order chi connectivity index (χ1) is 12.4. The second-order valence-electron chi connectivity index (χ2n) is 8.21. The lowest BCUT2D eigenvalue weighted by atomic mass is 9.64. The summed E-state index contributed by atoms with van der Waals surface area (Å²) in [6.07, 6.45) is 4.60. The monoisotopic (exact) mass is 363 g/mol. The Bertz CT molecular complexity index is 575. The highest BCUT2D eigenvalue weighted by Gasteiger charge is 2.43. The van der Waals surface area contributed by atoms with Crippen molar-refractivity contribution in [1.82, 2.24) is 5.32 Å².